The highest BCUT2D eigenvalue weighted by atomic mass is 16.2. The summed E-state index contributed by atoms with van der Waals surface area (Å²) in [5, 5.41) is 8.51. The molecule has 0 bridgehead atoms. The summed E-state index contributed by atoms with van der Waals surface area (Å²) in [6, 6.07) is -2.92. The van der Waals surface area contributed by atoms with Crippen molar-refractivity contribution in [2.75, 3.05) is 6.54 Å². The van der Waals surface area contributed by atoms with Gasteiger partial charge >= 0.3 is 6.03 Å². The van der Waals surface area contributed by atoms with Crippen molar-refractivity contribution in [2.45, 2.75) is 105 Å². The Labute approximate surface area is 214 Å². The number of piperidine rings is 1. The van der Waals surface area contributed by atoms with Crippen molar-refractivity contribution < 1.29 is 24.0 Å². The van der Waals surface area contributed by atoms with Crippen molar-refractivity contribution in [3.05, 3.63) is 0 Å². The number of fused-ring (bicyclic) bond motifs is 1. The third kappa shape index (κ3) is 6.09. The molecule has 0 aromatic heterocycles. The maximum Gasteiger partial charge on any atom is 0.315 e. The molecule has 1 heterocycles. The van der Waals surface area contributed by atoms with Gasteiger partial charge in [0.25, 0.3) is 0 Å². The Balaban J connectivity index is 1.83. The van der Waals surface area contributed by atoms with Crippen LogP contribution in [-0.2, 0) is 19.2 Å². The molecule has 5 atom stereocenters. The molecular weight excluding hydrogens is 460 g/mol. The first-order valence-electron chi connectivity index (χ1n) is 13.1. The smallest absolute Gasteiger partial charge is 0.315 e. The van der Waals surface area contributed by atoms with E-state index in [0.717, 1.165) is 12.8 Å². The number of amides is 4. The van der Waals surface area contributed by atoms with E-state index in [0.29, 0.717) is 18.9 Å². The van der Waals surface area contributed by atoms with Crippen LogP contribution in [0.4, 0.5) is 4.79 Å². The molecule has 9 nitrogen and oxygen atoms in total. The molecule has 0 spiro atoms. The van der Waals surface area contributed by atoms with E-state index in [1.54, 1.807) is 4.90 Å². The lowest BCUT2D eigenvalue weighted by Crippen LogP contribution is -2.62. The zero-order valence-corrected chi connectivity index (χ0v) is 23.3. The molecule has 36 heavy (non-hydrogen) atoms. The van der Waals surface area contributed by atoms with Crippen molar-refractivity contribution in [2.24, 2.45) is 28.6 Å². The minimum Gasteiger partial charge on any atom is -0.344 e. The number of Topliss-reactive ketones (excluding diaryl/α,β-unsaturated/α-hetero) is 2. The van der Waals surface area contributed by atoms with Gasteiger partial charge in [0.2, 0.25) is 17.6 Å². The molecule has 1 saturated heterocycles. The van der Waals surface area contributed by atoms with Crippen molar-refractivity contribution >= 4 is 29.4 Å². The number of ketones is 2. The van der Waals surface area contributed by atoms with Crippen LogP contribution in [0.3, 0.4) is 0 Å². The van der Waals surface area contributed by atoms with Crippen LogP contribution in [0, 0.1) is 28.6 Å². The number of likely N-dealkylation sites (tertiary alicyclic amines) is 1. The second-order valence-electron chi connectivity index (χ2n) is 13.7. The van der Waals surface area contributed by atoms with Gasteiger partial charge in [-0.15, -0.1) is 0 Å². The molecule has 3 unspecified atom stereocenters. The van der Waals surface area contributed by atoms with E-state index in [4.69, 9.17) is 0 Å². The fourth-order valence-electron chi connectivity index (χ4n) is 5.56. The van der Waals surface area contributed by atoms with Gasteiger partial charge in [-0.1, -0.05) is 47.5 Å². The van der Waals surface area contributed by atoms with Crippen molar-refractivity contribution in [3.8, 4) is 0 Å². The lowest BCUT2D eigenvalue weighted by Gasteiger charge is -2.38. The Morgan fingerprint density at radius 3 is 2.03 bits per heavy atom. The molecule has 9 heteroatoms. The predicted molar refractivity (Wildman–Crippen MR) is 136 cm³/mol. The Bertz CT molecular complexity index is 941. The minimum atomic E-state index is -0.866. The van der Waals surface area contributed by atoms with Gasteiger partial charge in [0.05, 0.1) is 6.04 Å². The molecule has 3 fully saturated rings. The van der Waals surface area contributed by atoms with E-state index in [1.165, 1.54) is 6.92 Å². The van der Waals surface area contributed by atoms with Gasteiger partial charge in [0.1, 0.15) is 12.1 Å². The average Bonchev–Trinajstić information content (AvgIpc) is 3.55. The third-order valence-corrected chi connectivity index (χ3v) is 7.88. The molecule has 202 valence electrons. The first-order chi connectivity index (χ1) is 16.3. The van der Waals surface area contributed by atoms with Crippen molar-refractivity contribution in [1.82, 2.24) is 20.9 Å². The standard InChI is InChI=1S/C27H44N4O5/c1-14(32)20(33)17(12-15-10-11-15)28-22(34)19-18-16(27(18,8)9)13-31(19)23(35)21(25(2,3)4)29-24(36)30-26(5,6)7/h15-19,21H,10-13H2,1-9H3,(H,28,34)(H2,29,30,36)/t16?,17?,18?,19-,21+/m0/s1. The molecule has 3 N–H and O–H groups in total. The molecule has 3 rings (SSSR count). The van der Waals surface area contributed by atoms with Gasteiger partial charge in [-0.2, -0.15) is 0 Å². The van der Waals surface area contributed by atoms with Gasteiger partial charge in [0.15, 0.2) is 5.78 Å². The van der Waals surface area contributed by atoms with E-state index < -0.39 is 52.6 Å². The molecule has 2 aliphatic carbocycles. The van der Waals surface area contributed by atoms with Crippen molar-refractivity contribution in [3.63, 3.8) is 0 Å². The summed E-state index contributed by atoms with van der Waals surface area (Å²) >= 11 is 0. The number of rotatable bonds is 8. The van der Waals surface area contributed by atoms with Crippen LogP contribution in [0.2, 0.25) is 0 Å². The van der Waals surface area contributed by atoms with Gasteiger partial charge in [-0.05, 0) is 55.8 Å². The molecule has 1 aliphatic heterocycles. The molecule has 3 aliphatic rings. The number of nitrogens with one attached hydrogen (secondary N) is 3. The highest BCUT2D eigenvalue weighted by Gasteiger charge is 2.70. The fourth-order valence-corrected chi connectivity index (χ4v) is 5.56. The zero-order valence-electron chi connectivity index (χ0n) is 23.3. The number of hydrogen-bond acceptors (Lipinski definition) is 5. The number of urea groups is 1. The average molecular weight is 505 g/mol. The minimum absolute atomic E-state index is 0.0422. The summed E-state index contributed by atoms with van der Waals surface area (Å²) in [6.45, 7) is 17.0. The quantitative estimate of drug-likeness (QED) is 0.438. The first-order valence-corrected chi connectivity index (χ1v) is 13.1. The number of hydrogen-bond donors (Lipinski definition) is 3. The highest BCUT2D eigenvalue weighted by Crippen LogP contribution is 2.65. The van der Waals surface area contributed by atoms with Gasteiger partial charge in [-0.3, -0.25) is 19.2 Å². The molecule has 2 saturated carbocycles. The Kier molecular flexibility index (Phi) is 7.38. The van der Waals surface area contributed by atoms with E-state index in [9.17, 15) is 24.0 Å². The van der Waals surface area contributed by atoms with Gasteiger partial charge < -0.3 is 20.9 Å². The Morgan fingerprint density at radius 2 is 1.56 bits per heavy atom. The largest absolute Gasteiger partial charge is 0.344 e. The summed E-state index contributed by atoms with van der Waals surface area (Å²) in [7, 11) is 0. The second-order valence-corrected chi connectivity index (χ2v) is 13.7. The zero-order chi connectivity index (χ0) is 27.4. The normalized spacial score (nSPS) is 26.4. The Hall–Kier alpha value is -2.45. The topological polar surface area (TPSA) is 125 Å². The van der Waals surface area contributed by atoms with Crippen molar-refractivity contribution in [1.29, 1.82) is 0 Å². The van der Waals surface area contributed by atoms with E-state index in [2.05, 4.69) is 29.8 Å². The van der Waals surface area contributed by atoms with Crippen LogP contribution in [0.5, 0.6) is 0 Å². The van der Waals surface area contributed by atoms with Crippen LogP contribution in [0.15, 0.2) is 0 Å². The molecule has 0 aromatic rings. The summed E-state index contributed by atoms with van der Waals surface area (Å²) in [5.41, 5.74) is -1.19. The number of carbonyl (C=O) groups excluding carboxylic acids is 5. The maximum absolute atomic E-state index is 13.9. The molecule has 4 amide bonds. The summed E-state index contributed by atoms with van der Waals surface area (Å²) < 4.78 is 0. The second kappa shape index (κ2) is 9.45. The van der Waals surface area contributed by atoms with Crippen LogP contribution < -0.4 is 16.0 Å². The Morgan fingerprint density at radius 1 is 0.972 bits per heavy atom. The van der Waals surface area contributed by atoms with Crippen LogP contribution in [0.25, 0.3) is 0 Å². The van der Waals surface area contributed by atoms with Crippen LogP contribution in [-0.4, -0.2) is 64.5 Å². The van der Waals surface area contributed by atoms with Crippen LogP contribution >= 0.6 is 0 Å². The molecule has 0 aromatic carbocycles. The van der Waals surface area contributed by atoms with E-state index in [-0.39, 0.29) is 23.2 Å². The van der Waals surface area contributed by atoms with E-state index in [1.807, 2.05) is 41.5 Å². The number of carbonyl (C=O) groups is 5. The van der Waals surface area contributed by atoms with E-state index >= 15 is 0 Å². The fraction of sp³-hybridized carbons (Fsp3) is 0.815. The third-order valence-electron chi connectivity index (χ3n) is 7.88. The molecule has 0 radical (unpaired) electrons. The highest BCUT2D eigenvalue weighted by molar-refractivity contribution is 6.38. The maximum atomic E-state index is 13.9. The summed E-state index contributed by atoms with van der Waals surface area (Å²) in [6.07, 6.45) is 2.42. The lowest BCUT2D eigenvalue weighted by molar-refractivity contribution is -0.145. The molecular formula is C27H44N4O5. The first kappa shape index (κ1) is 28.1. The monoisotopic (exact) mass is 504 g/mol. The van der Waals surface area contributed by atoms with Crippen LogP contribution in [0.1, 0.15) is 81.6 Å². The summed E-state index contributed by atoms with van der Waals surface area (Å²) in [4.78, 5) is 66.2. The SMILES string of the molecule is CC(=O)C(=O)C(CC1CC1)NC(=O)[C@@H]1C2C(CN1C(=O)[C@@H](NC(=O)NC(C)(C)C)C(C)(C)C)C2(C)C. The van der Waals surface area contributed by atoms with Gasteiger partial charge in [-0.25, -0.2) is 4.79 Å². The number of nitrogens with zero attached hydrogens (tertiary/aromatic N) is 1. The lowest BCUT2D eigenvalue weighted by atomic mass is 9.85. The van der Waals surface area contributed by atoms with Gasteiger partial charge in [0, 0.05) is 19.0 Å². The predicted octanol–water partition coefficient (Wildman–Crippen LogP) is 2.42. The summed E-state index contributed by atoms with van der Waals surface area (Å²) in [5.74, 6) is -1.43.